The lowest BCUT2D eigenvalue weighted by atomic mass is 10.0. The van der Waals surface area contributed by atoms with Gasteiger partial charge in [0.2, 0.25) is 6.10 Å². The first-order valence-electron chi connectivity index (χ1n) is 14.0. The summed E-state index contributed by atoms with van der Waals surface area (Å²) in [7, 11) is -3.90. The average Bonchev–Trinajstić information content (AvgIpc) is 3.22. The van der Waals surface area contributed by atoms with E-state index in [0.717, 1.165) is 17.4 Å². The van der Waals surface area contributed by atoms with E-state index in [4.69, 9.17) is 14.2 Å². The molecule has 1 aliphatic carbocycles. The largest absolute Gasteiger partial charge is 0.462 e. The summed E-state index contributed by atoms with van der Waals surface area (Å²) in [6, 6.07) is 11.4. The zero-order valence-electron chi connectivity index (χ0n) is 25.4. The van der Waals surface area contributed by atoms with Crippen LogP contribution in [0.25, 0.3) is 17.2 Å². The molecule has 46 heavy (non-hydrogen) atoms. The molecule has 0 aromatic heterocycles. The molecular weight excluding hydrogens is 666 g/mol. The Morgan fingerprint density at radius 3 is 2.43 bits per heavy atom. The van der Waals surface area contributed by atoms with Gasteiger partial charge < -0.3 is 19.0 Å². The first kappa shape index (κ1) is 36.9. The maximum absolute atomic E-state index is 14.4. The van der Waals surface area contributed by atoms with Gasteiger partial charge in [-0.15, -0.1) is 10.1 Å². The molecular formula is C30H34FNO11S3. The predicted octanol–water partition coefficient (Wildman–Crippen LogP) is 4.43. The Morgan fingerprint density at radius 2 is 1.78 bits per heavy atom. The Hall–Kier alpha value is -3.60. The molecule has 2 unspecified atom stereocenters. The number of rotatable bonds is 18. The molecule has 0 amide bonds. The predicted molar refractivity (Wildman–Crippen MR) is 171 cm³/mol. The summed E-state index contributed by atoms with van der Waals surface area (Å²) in [6.45, 7) is 1.09. The second-order valence-corrected chi connectivity index (χ2v) is 16.0. The van der Waals surface area contributed by atoms with E-state index in [1.807, 2.05) is 18.2 Å². The fraction of sp³-hybridized carbons (Fsp3) is 0.400. The number of allylic oxidation sites excluding steroid dienone is 2. The van der Waals surface area contributed by atoms with Crippen molar-refractivity contribution in [3.63, 3.8) is 0 Å². The van der Waals surface area contributed by atoms with Gasteiger partial charge in [0.25, 0.3) is 5.09 Å². The van der Waals surface area contributed by atoms with Gasteiger partial charge in [-0.25, -0.2) is 17.6 Å². The monoisotopic (exact) mass is 699 g/mol. The molecule has 2 aromatic rings. The van der Waals surface area contributed by atoms with E-state index in [1.165, 1.54) is 12.1 Å². The van der Waals surface area contributed by atoms with Crippen LogP contribution < -0.4 is 0 Å². The second-order valence-electron chi connectivity index (χ2n) is 10.1. The third-order valence-corrected chi connectivity index (χ3v) is 10.1. The Bertz CT molecular complexity index is 1620. The molecule has 2 atom stereocenters. The van der Waals surface area contributed by atoms with Crippen LogP contribution >= 0.6 is 10.8 Å². The molecule has 1 aliphatic rings. The van der Waals surface area contributed by atoms with Gasteiger partial charge in [0, 0.05) is 40.6 Å². The number of benzene rings is 2. The van der Waals surface area contributed by atoms with Crippen molar-refractivity contribution in [1.29, 1.82) is 0 Å². The molecule has 0 radical (unpaired) electrons. The summed E-state index contributed by atoms with van der Waals surface area (Å²) in [5, 5.41) is 9.35. The third-order valence-electron chi connectivity index (χ3n) is 6.61. The van der Waals surface area contributed by atoms with Crippen molar-refractivity contribution in [1.82, 2.24) is 0 Å². The van der Waals surface area contributed by atoms with Gasteiger partial charge in [0.05, 0.1) is 19.6 Å². The number of ether oxygens (including phenoxy) is 3. The van der Waals surface area contributed by atoms with Gasteiger partial charge in [-0.05, 0) is 94.3 Å². The topological polar surface area (TPSA) is 165 Å². The van der Waals surface area contributed by atoms with Crippen molar-refractivity contribution in [2.45, 2.75) is 37.2 Å². The highest BCUT2D eigenvalue weighted by atomic mass is 33.1. The van der Waals surface area contributed by atoms with Gasteiger partial charge in [-0.2, -0.15) is 0 Å². The number of hydrogen-bond donors (Lipinski definition) is 0. The number of hydrogen-bond acceptors (Lipinski definition) is 12. The zero-order valence-corrected chi connectivity index (χ0v) is 27.8. The highest BCUT2D eigenvalue weighted by Crippen LogP contribution is 2.44. The highest BCUT2D eigenvalue weighted by Gasteiger charge is 2.30. The van der Waals surface area contributed by atoms with Crippen molar-refractivity contribution in [3.05, 3.63) is 80.7 Å². The smallest absolute Gasteiger partial charge is 0.349 e. The second kappa shape index (κ2) is 17.4. The zero-order chi connectivity index (χ0) is 33.9. The first-order valence-corrected chi connectivity index (χ1v) is 18.9. The lowest BCUT2D eigenvalue weighted by Crippen LogP contribution is -2.34. The molecule has 12 nitrogen and oxygen atoms in total. The van der Waals surface area contributed by atoms with Gasteiger partial charge in [-0.3, -0.25) is 9.00 Å². The van der Waals surface area contributed by atoms with Crippen LogP contribution in [0.3, 0.4) is 0 Å². The molecule has 0 N–H and O–H groups in total. The van der Waals surface area contributed by atoms with Crippen LogP contribution in [0.15, 0.2) is 52.9 Å². The minimum atomic E-state index is -3.35. The van der Waals surface area contributed by atoms with E-state index in [0.29, 0.717) is 50.8 Å². The maximum atomic E-state index is 14.4. The molecule has 0 aliphatic heterocycles. The molecule has 2 aromatic carbocycles. The normalized spacial score (nSPS) is 14.9. The summed E-state index contributed by atoms with van der Waals surface area (Å²) in [4.78, 5) is 41.1. The fourth-order valence-electron chi connectivity index (χ4n) is 4.45. The molecule has 0 saturated heterocycles. The summed E-state index contributed by atoms with van der Waals surface area (Å²) in [5.74, 6) is -2.29. The number of esters is 2. The van der Waals surface area contributed by atoms with Crippen LogP contribution in [0.5, 0.6) is 0 Å². The number of carbonyl (C=O) groups is 2. The van der Waals surface area contributed by atoms with Crippen LogP contribution in [0.1, 0.15) is 42.9 Å². The van der Waals surface area contributed by atoms with E-state index in [2.05, 4.69) is 4.84 Å². The Morgan fingerprint density at radius 1 is 1.09 bits per heavy atom. The quantitative estimate of drug-likeness (QED) is 0.0708. The van der Waals surface area contributed by atoms with Gasteiger partial charge in [0.1, 0.15) is 12.4 Å². The number of halogens is 1. The number of nitrogens with zero attached hydrogens (tertiary/aromatic N) is 1. The SMILES string of the molecule is CC1=C(CC(=O)OC(COCCCCO[N+](=O)[O-])C(=O)OCCSS(C)(=O)=O)c2cc(F)ccc2/C1=C\c1ccc(S(C)=O)cc1. The van der Waals surface area contributed by atoms with E-state index < -0.39 is 48.6 Å². The van der Waals surface area contributed by atoms with Crippen molar-refractivity contribution < 1.29 is 50.7 Å². The standard InChI is InChI=1S/C30H34FNO11S3/c1-20-25(16-21-6-9-23(10-7-21)45(2)37)24-11-8-22(31)17-27(24)26(20)18-29(33)43-28(19-40-12-4-5-13-42-32(35)36)30(34)41-14-15-44-46(3,38)39/h6-11,16-17,28H,4-5,12-15,18-19H2,1-3H3/b25-16-. The van der Waals surface area contributed by atoms with Crippen LogP contribution in [0, 0.1) is 15.9 Å². The molecule has 250 valence electrons. The first-order chi connectivity index (χ1) is 21.7. The molecule has 0 spiro atoms. The molecule has 16 heteroatoms. The average molecular weight is 700 g/mol. The third kappa shape index (κ3) is 11.6. The van der Waals surface area contributed by atoms with E-state index in [9.17, 15) is 36.7 Å². The molecule has 0 fully saturated rings. The Kier molecular flexibility index (Phi) is 13.9. The number of carbonyl (C=O) groups excluding carboxylic acids is 2. The summed E-state index contributed by atoms with van der Waals surface area (Å²) < 4.78 is 64.9. The molecule has 3 rings (SSSR count). The van der Waals surface area contributed by atoms with Gasteiger partial charge in [0.15, 0.2) is 8.87 Å². The van der Waals surface area contributed by atoms with Crippen LogP contribution in [0.2, 0.25) is 0 Å². The minimum Gasteiger partial charge on any atom is -0.462 e. The van der Waals surface area contributed by atoms with E-state index in [-0.39, 0.29) is 38.6 Å². The van der Waals surface area contributed by atoms with Crippen molar-refractivity contribution in [2.24, 2.45) is 0 Å². The molecule has 0 bridgehead atoms. The Labute approximate surface area is 272 Å². The molecule has 0 heterocycles. The highest BCUT2D eigenvalue weighted by molar-refractivity contribution is 8.71. The van der Waals surface area contributed by atoms with Crippen LogP contribution in [-0.2, 0) is 48.3 Å². The van der Waals surface area contributed by atoms with Crippen molar-refractivity contribution in [2.75, 3.05) is 44.7 Å². The summed E-state index contributed by atoms with van der Waals surface area (Å²) >= 11 is 0. The van der Waals surface area contributed by atoms with Gasteiger partial charge in [-0.1, -0.05) is 18.2 Å². The van der Waals surface area contributed by atoms with E-state index in [1.54, 1.807) is 31.4 Å². The van der Waals surface area contributed by atoms with Gasteiger partial charge >= 0.3 is 11.9 Å². The lowest BCUT2D eigenvalue weighted by molar-refractivity contribution is -0.757. The van der Waals surface area contributed by atoms with Crippen LogP contribution in [0.4, 0.5) is 4.39 Å². The minimum absolute atomic E-state index is 0.0366. The fourth-order valence-corrected chi connectivity index (χ4v) is 6.54. The number of fused-ring (bicyclic) bond motifs is 1. The van der Waals surface area contributed by atoms with Crippen molar-refractivity contribution in [3.8, 4) is 0 Å². The maximum Gasteiger partial charge on any atom is 0.349 e. The van der Waals surface area contributed by atoms with Crippen LogP contribution in [-0.4, -0.2) is 80.4 Å². The lowest BCUT2D eigenvalue weighted by Gasteiger charge is -2.18. The number of unbranched alkanes of at least 4 members (excludes halogenated alkanes) is 1. The van der Waals surface area contributed by atoms with Crippen molar-refractivity contribution >= 4 is 59.6 Å². The molecule has 0 saturated carbocycles. The Balaban J connectivity index is 1.75. The van der Waals surface area contributed by atoms with E-state index >= 15 is 0 Å². The summed E-state index contributed by atoms with van der Waals surface area (Å²) in [5.41, 5.74) is 3.96. The summed E-state index contributed by atoms with van der Waals surface area (Å²) in [6.07, 6.45) is 3.35.